The van der Waals surface area contributed by atoms with Crippen molar-refractivity contribution < 1.29 is 9.53 Å². The lowest BCUT2D eigenvalue weighted by Gasteiger charge is -2.37. The topological polar surface area (TPSA) is 26.3 Å². The van der Waals surface area contributed by atoms with Crippen molar-refractivity contribution >= 4 is 5.97 Å². The molecule has 0 amide bonds. The van der Waals surface area contributed by atoms with Gasteiger partial charge in [0.1, 0.15) is 6.10 Å². The van der Waals surface area contributed by atoms with Gasteiger partial charge >= 0.3 is 5.97 Å². The van der Waals surface area contributed by atoms with Crippen LogP contribution >= 0.6 is 0 Å². The molecule has 4 rings (SSSR count). The number of rotatable bonds is 5. The summed E-state index contributed by atoms with van der Waals surface area (Å²) in [4.78, 5) is 13.3. The second kappa shape index (κ2) is 7.73. The molecule has 2 saturated carbocycles. The summed E-state index contributed by atoms with van der Waals surface area (Å²) < 4.78 is 6.22. The lowest BCUT2D eigenvalue weighted by Crippen LogP contribution is -2.36. The number of carbonyl (C=O) groups is 1. The Labute approximate surface area is 169 Å². The Morgan fingerprint density at radius 1 is 0.964 bits per heavy atom. The molecule has 1 unspecified atom stereocenters. The average Bonchev–Trinajstić information content (AvgIpc) is 3.46. The summed E-state index contributed by atoms with van der Waals surface area (Å²) in [6.07, 6.45) is 4.34. The fourth-order valence-corrected chi connectivity index (χ4v) is 5.30. The smallest absolute Gasteiger partial charge is 0.310 e. The Balaban J connectivity index is 1.58. The van der Waals surface area contributed by atoms with E-state index < -0.39 is 0 Å². The molecule has 0 spiro atoms. The Morgan fingerprint density at radius 3 is 2.07 bits per heavy atom. The highest BCUT2D eigenvalue weighted by Crippen LogP contribution is 2.59. The Morgan fingerprint density at radius 2 is 1.54 bits per heavy atom. The predicted octanol–water partition coefficient (Wildman–Crippen LogP) is 6.00. The Kier molecular flexibility index (Phi) is 5.31. The van der Waals surface area contributed by atoms with Gasteiger partial charge in [-0.15, -0.1) is 0 Å². The first-order valence-electron chi connectivity index (χ1n) is 10.8. The van der Waals surface area contributed by atoms with Crippen LogP contribution in [-0.2, 0) is 14.9 Å². The largest absolute Gasteiger partial charge is 0.462 e. The molecule has 2 aliphatic carbocycles. The Bertz CT molecular complexity index is 756. The van der Waals surface area contributed by atoms with Gasteiger partial charge in [-0.05, 0) is 48.1 Å². The van der Waals surface area contributed by atoms with E-state index >= 15 is 0 Å². The molecule has 0 radical (unpaired) electrons. The molecule has 0 N–H and O–H groups in total. The maximum Gasteiger partial charge on any atom is 0.310 e. The second-order valence-corrected chi connectivity index (χ2v) is 9.26. The van der Waals surface area contributed by atoms with Gasteiger partial charge in [0.2, 0.25) is 0 Å². The fourth-order valence-electron chi connectivity index (χ4n) is 5.30. The number of benzene rings is 2. The molecule has 2 heteroatoms. The van der Waals surface area contributed by atoms with Crippen molar-refractivity contribution in [2.45, 2.75) is 58.0 Å². The van der Waals surface area contributed by atoms with E-state index in [2.05, 4.69) is 69.3 Å². The molecule has 0 aliphatic heterocycles. The fraction of sp³-hybridized carbons (Fsp3) is 0.500. The minimum Gasteiger partial charge on any atom is -0.462 e. The van der Waals surface area contributed by atoms with Crippen molar-refractivity contribution in [2.24, 2.45) is 23.7 Å². The normalized spacial score (nSPS) is 28.7. The highest BCUT2D eigenvalue weighted by molar-refractivity contribution is 5.81. The zero-order valence-corrected chi connectivity index (χ0v) is 17.3. The van der Waals surface area contributed by atoms with Crippen molar-refractivity contribution in [1.82, 2.24) is 0 Å². The van der Waals surface area contributed by atoms with Gasteiger partial charge in [-0.3, -0.25) is 4.79 Å². The summed E-state index contributed by atoms with van der Waals surface area (Å²) in [7, 11) is 0. The van der Waals surface area contributed by atoms with Gasteiger partial charge in [-0.25, -0.2) is 0 Å². The van der Waals surface area contributed by atoms with Crippen LogP contribution in [0.3, 0.4) is 0 Å². The number of carbonyl (C=O) groups excluding carboxylic acids is 1. The van der Waals surface area contributed by atoms with Crippen LogP contribution < -0.4 is 0 Å². The first-order valence-corrected chi connectivity index (χ1v) is 10.8. The van der Waals surface area contributed by atoms with Crippen molar-refractivity contribution in [3.8, 4) is 0 Å². The molecule has 2 aliphatic rings. The van der Waals surface area contributed by atoms with E-state index in [0.717, 1.165) is 12.8 Å². The molecule has 0 aromatic heterocycles. The van der Waals surface area contributed by atoms with E-state index in [1.807, 2.05) is 12.1 Å². The average molecular weight is 377 g/mol. The number of ether oxygens (including phenoxy) is 1. The van der Waals surface area contributed by atoms with Gasteiger partial charge < -0.3 is 4.74 Å². The highest BCUT2D eigenvalue weighted by atomic mass is 16.5. The molecule has 28 heavy (non-hydrogen) atoms. The van der Waals surface area contributed by atoms with Crippen molar-refractivity contribution in [1.29, 1.82) is 0 Å². The minimum atomic E-state index is -0.229. The number of esters is 1. The summed E-state index contributed by atoms with van der Waals surface area (Å²) >= 11 is 0. The monoisotopic (exact) mass is 376 g/mol. The zero-order chi connectivity index (χ0) is 19.7. The molecule has 148 valence electrons. The molecule has 2 aromatic carbocycles. The van der Waals surface area contributed by atoms with Crippen LogP contribution in [0.1, 0.15) is 57.6 Å². The lowest BCUT2D eigenvalue weighted by atomic mass is 9.75. The van der Waals surface area contributed by atoms with E-state index in [1.54, 1.807) is 0 Å². The van der Waals surface area contributed by atoms with E-state index in [9.17, 15) is 4.79 Å². The molecule has 2 aromatic rings. The first-order chi connectivity index (χ1) is 13.5. The van der Waals surface area contributed by atoms with Crippen molar-refractivity contribution in [3.05, 3.63) is 71.8 Å². The third-order valence-electron chi connectivity index (χ3n) is 7.05. The van der Waals surface area contributed by atoms with Crippen LogP contribution in [0.2, 0.25) is 0 Å². The second-order valence-electron chi connectivity index (χ2n) is 9.26. The molecule has 2 nitrogen and oxygen atoms in total. The van der Waals surface area contributed by atoms with Gasteiger partial charge in [0.15, 0.2) is 0 Å². The summed E-state index contributed by atoms with van der Waals surface area (Å²) in [6, 6.07) is 21.0. The standard InChI is InChI=1S/C26H32O2/c1-18(2)22-15-14-19(3)16-24(22)28-25(27)23-17-26(23,20-10-6-4-7-11-20)21-12-8-5-9-13-21/h4-13,18-19,22-24H,14-17H2,1-3H3/t19-,22+,23?,24-/m1/s1. The highest BCUT2D eigenvalue weighted by Gasteiger charge is 2.61. The van der Waals surface area contributed by atoms with Gasteiger partial charge in [-0.1, -0.05) is 87.9 Å². The SMILES string of the molecule is CC(C)[C@@H]1CC[C@@H](C)C[C@H]1OC(=O)C1CC1(c1ccccc1)c1ccccc1. The maximum absolute atomic E-state index is 13.3. The molecule has 4 atom stereocenters. The molecule has 2 fully saturated rings. The van der Waals surface area contributed by atoms with Crippen molar-refractivity contribution in [2.75, 3.05) is 0 Å². The van der Waals surface area contributed by atoms with E-state index in [0.29, 0.717) is 17.8 Å². The Hall–Kier alpha value is -2.09. The molecule has 0 saturated heterocycles. The van der Waals surface area contributed by atoms with Crippen LogP contribution in [0.4, 0.5) is 0 Å². The van der Waals surface area contributed by atoms with Gasteiger partial charge in [-0.2, -0.15) is 0 Å². The van der Waals surface area contributed by atoms with E-state index in [4.69, 9.17) is 4.74 Å². The zero-order valence-electron chi connectivity index (χ0n) is 17.3. The third-order valence-corrected chi connectivity index (χ3v) is 7.05. The summed E-state index contributed by atoms with van der Waals surface area (Å²) in [6.45, 7) is 6.81. The van der Waals surface area contributed by atoms with Crippen LogP contribution in [0.15, 0.2) is 60.7 Å². The van der Waals surface area contributed by atoms with Crippen LogP contribution in [0, 0.1) is 23.7 Å². The van der Waals surface area contributed by atoms with E-state index in [-0.39, 0.29) is 23.4 Å². The third kappa shape index (κ3) is 3.50. The summed E-state index contributed by atoms with van der Waals surface area (Å²) in [5.74, 6) is 1.60. The number of hydrogen-bond donors (Lipinski definition) is 0. The van der Waals surface area contributed by atoms with Gasteiger partial charge in [0.25, 0.3) is 0 Å². The van der Waals surface area contributed by atoms with Crippen molar-refractivity contribution in [3.63, 3.8) is 0 Å². The van der Waals surface area contributed by atoms with E-state index in [1.165, 1.54) is 24.0 Å². The number of hydrogen-bond acceptors (Lipinski definition) is 2. The summed E-state index contributed by atoms with van der Waals surface area (Å²) in [5.41, 5.74) is 2.22. The molecule has 0 heterocycles. The minimum absolute atomic E-state index is 0.00236. The summed E-state index contributed by atoms with van der Waals surface area (Å²) in [5, 5.41) is 0. The molecular weight excluding hydrogens is 344 g/mol. The lowest BCUT2D eigenvalue weighted by molar-refractivity contribution is -0.158. The van der Waals surface area contributed by atoms with Crippen LogP contribution in [-0.4, -0.2) is 12.1 Å². The van der Waals surface area contributed by atoms with Crippen LogP contribution in [0.5, 0.6) is 0 Å². The predicted molar refractivity (Wildman–Crippen MR) is 113 cm³/mol. The van der Waals surface area contributed by atoms with Gasteiger partial charge in [0.05, 0.1) is 5.92 Å². The maximum atomic E-state index is 13.3. The first kappa shape index (κ1) is 19.2. The van der Waals surface area contributed by atoms with Gasteiger partial charge in [0, 0.05) is 5.41 Å². The quantitative estimate of drug-likeness (QED) is 0.599. The molecule has 0 bridgehead atoms. The molecular formula is C26H32O2. The van der Waals surface area contributed by atoms with Crippen LogP contribution in [0.25, 0.3) is 0 Å².